The molecule has 0 aliphatic heterocycles. The summed E-state index contributed by atoms with van der Waals surface area (Å²) in [5.74, 6) is 0.367. The molecule has 0 bridgehead atoms. The van der Waals surface area contributed by atoms with E-state index in [2.05, 4.69) is 10.2 Å². The van der Waals surface area contributed by atoms with Gasteiger partial charge in [0.2, 0.25) is 0 Å². The van der Waals surface area contributed by atoms with Gasteiger partial charge in [-0.15, -0.1) is 10.2 Å². The van der Waals surface area contributed by atoms with Gasteiger partial charge in [0.1, 0.15) is 5.82 Å². The molecule has 90 valence electrons. The lowest BCUT2D eigenvalue weighted by molar-refractivity contribution is 0.628. The molecule has 3 nitrogen and oxygen atoms in total. The van der Waals surface area contributed by atoms with Crippen molar-refractivity contribution in [3.63, 3.8) is 0 Å². The molecule has 2 aromatic rings. The number of nitrogens with two attached hydrogens (primary N) is 1. The summed E-state index contributed by atoms with van der Waals surface area (Å²) in [6, 6.07) is 4.46. The molecule has 0 radical (unpaired) electrons. The minimum Gasteiger partial charge on any atom is -0.398 e. The van der Waals surface area contributed by atoms with Crippen molar-refractivity contribution in [1.29, 1.82) is 0 Å². The first-order chi connectivity index (χ1) is 8.19. The Morgan fingerprint density at radius 2 is 2.12 bits per heavy atom. The lowest BCUT2D eigenvalue weighted by Gasteiger charge is -2.03. The summed E-state index contributed by atoms with van der Waals surface area (Å²) in [4.78, 5) is 0. The Hall–Kier alpha value is -0.790. The van der Waals surface area contributed by atoms with E-state index >= 15 is 0 Å². The predicted octanol–water partition coefficient (Wildman–Crippen LogP) is 3.27. The maximum absolute atomic E-state index is 12.9. The number of rotatable bonds is 4. The molecule has 2 rings (SSSR count). The Bertz CT molecular complexity index is 515. The molecule has 0 amide bonds. The molecule has 1 aromatic heterocycles. The standard InChI is InChI=1S/C10H10FN3S3/c1-15-9-13-14-10(17-9)16-5-6-2-3-7(11)4-8(6)12/h2-4H,5,12H2,1H3. The number of anilines is 1. The second kappa shape index (κ2) is 5.70. The van der Waals surface area contributed by atoms with Crippen LogP contribution in [0.25, 0.3) is 0 Å². The van der Waals surface area contributed by atoms with E-state index in [1.165, 1.54) is 12.1 Å². The third-order valence-corrected chi connectivity index (χ3v) is 5.10. The second-order valence-electron chi connectivity index (χ2n) is 3.17. The van der Waals surface area contributed by atoms with Crippen molar-refractivity contribution in [2.75, 3.05) is 12.0 Å². The van der Waals surface area contributed by atoms with Crippen molar-refractivity contribution in [1.82, 2.24) is 10.2 Å². The molecule has 0 unspecified atom stereocenters. The zero-order chi connectivity index (χ0) is 12.3. The van der Waals surface area contributed by atoms with E-state index < -0.39 is 0 Å². The van der Waals surface area contributed by atoms with Gasteiger partial charge in [0, 0.05) is 11.4 Å². The summed E-state index contributed by atoms with van der Waals surface area (Å²) in [7, 11) is 0. The average molecular weight is 287 g/mol. The lowest BCUT2D eigenvalue weighted by Crippen LogP contribution is -1.93. The zero-order valence-corrected chi connectivity index (χ0v) is 11.5. The van der Waals surface area contributed by atoms with Gasteiger partial charge in [-0.3, -0.25) is 0 Å². The van der Waals surface area contributed by atoms with Crippen LogP contribution in [-0.2, 0) is 5.75 Å². The summed E-state index contributed by atoms with van der Waals surface area (Å²) in [5, 5.41) is 8.05. The zero-order valence-electron chi connectivity index (χ0n) is 9.01. The van der Waals surface area contributed by atoms with Gasteiger partial charge in [0.05, 0.1) is 0 Å². The van der Waals surface area contributed by atoms with E-state index in [9.17, 15) is 4.39 Å². The quantitative estimate of drug-likeness (QED) is 0.691. The monoisotopic (exact) mass is 287 g/mol. The fourth-order valence-corrected chi connectivity index (χ4v) is 3.63. The van der Waals surface area contributed by atoms with E-state index in [-0.39, 0.29) is 5.82 Å². The molecular weight excluding hydrogens is 277 g/mol. The number of benzene rings is 1. The maximum Gasteiger partial charge on any atom is 0.175 e. The first kappa shape index (κ1) is 12.7. The maximum atomic E-state index is 12.9. The van der Waals surface area contributed by atoms with Crippen LogP contribution in [-0.4, -0.2) is 16.5 Å². The Morgan fingerprint density at radius 1 is 1.35 bits per heavy atom. The number of aromatic nitrogens is 2. The molecule has 7 heteroatoms. The predicted molar refractivity (Wildman–Crippen MR) is 72.1 cm³/mol. The minimum absolute atomic E-state index is 0.308. The average Bonchev–Trinajstić information content (AvgIpc) is 2.76. The number of hydrogen-bond donors (Lipinski definition) is 1. The van der Waals surface area contributed by atoms with Crippen LogP contribution in [0.3, 0.4) is 0 Å². The lowest BCUT2D eigenvalue weighted by atomic mass is 10.2. The summed E-state index contributed by atoms with van der Waals surface area (Å²) in [6.45, 7) is 0. The third-order valence-electron chi connectivity index (χ3n) is 2.02. The Kier molecular flexibility index (Phi) is 4.25. The van der Waals surface area contributed by atoms with Gasteiger partial charge in [-0.25, -0.2) is 4.39 Å². The first-order valence-corrected chi connectivity index (χ1v) is 7.76. The van der Waals surface area contributed by atoms with Gasteiger partial charge >= 0.3 is 0 Å². The highest BCUT2D eigenvalue weighted by Crippen LogP contribution is 2.30. The van der Waals surface area contributed by atoms with Crippen molar-refractivity contribution in [2.45, 2.75) is 14.4 Å². The summed E-state index contributed by atoms with van der Waals surface area (Å²) >= 11 is 4.68. The van der Waals surface area contributed by atoms with Crippen LogP contribution in [0.4, 0.5) is 10.1 Å². The number of thioether (sulfide) groups is 2. The highest BCUT2D eigenvalue weighted by atomic mass is 32.2. The van der Waals surface area contributed by atoms with Crippen LogP contribution in [0.2, 0.25) is 0 Å². The Morgan fingerprint density at radius 3 is 2.76 bits per heavy atom. The van der Waals surface area contributed by atoms with Crippen molar-refractivity contribution >= 4 is 40.5 Å². The second-order valence-corrected chi connectivity index (χ2v) is 6.42. The van der Waals surface area contributed by atoms with Crippen molar-refractivity contribution in [2.24, 2.45) is 0 Å². The van der Waals surface area contributed by atoms with Crippen LogP contribution in [0.5, 0.6) is 0 Å². The molecule has 0 aliphatic carbocycles. The van der Waals surface area contributed by atoms with Gasteiger partial charge in [-0.1, -0.05) is 40.9 Å². The number of nitrogen functional groups attached to an aromatic ring is 1. The van der Waals surface area contributed by atoms with Crippen LogP contribution in [0, 0.1) is 5.82 Å². The smallest absolute Gasteiger partial charge is 0.175 e. The number of halogens is 1. The molecule has 2 N–H and O–H groups in total. The third kappa shape index (κ3) is 3.34. The van der Waals surface area contributed by atoms with E-state index in [1.54, 1.807) is 40.9 Å². The fourth-order valence-electron chi connectivity index (χ4n) is 1.17. The number of hydrogen-bond acceptors (Lipinski definition) is 6. The molecule has 0 saturated carbocycles. The molecule has 17 heavy (non-hydrogen) atoms. The molecule has 0 spiro atoms. The van der Waals surface area contributed by atoms with Gasteiger partial charge in [-0.05, 0) is 24.0 Å². The van der Waals surface area contributed by atoms with Gasteiger partial charge in [-0.2, -0.15) is 0 Å². The first-order valence-electron chi connectivity index (χ1n) is 4.73. The van der Waals surface area contributed by atoms with E-state index in [0.717, 1.165) is 14.2 Å². The molecule has 1 aromatic carbocycles. The van der Waals surface area contributed by atoms with Crippen LogP contribution < -0.4 is 5.73 Å². The van der Waals surface area contributed by atoms with Crippen LogP contribution in [0.15, 0.2) is 26.9 Å². The topological polar surface area (TPSA) is 51.8 Å². The van der Waals surface area contributed by atoms with E-state index in [0.29, 0.717) is 11.4 Å². The molecule has 0 saturated heterocycles. The SMILES string of the molecule is CSc1nnc(SCc2ccc(F)cc2N)s1. The van der Waals surface area contributed by atoms with Gasteiger partial charge in [0.25, 0.3) is 0 Å². The summed E-state index contributed by atoms with van der Waals surface area (Å²) < 4.78 is 14.7. The van der Waals surface area contributed by atoms with Gasteiger partial charge < -0.3 is 5.73 Å². The summed E-state index contributed by atoms with van der Waals surface area (Å²) in [5.41, 5.74) is 7.12. The Labute approximate surface area is 111 Å². The molecule has 0 fully saturated rings. The van der Waals surface area contributed by atoms with Crippen molar-refractivity contribution < 1.29 is 4.39 Å². The fraction of sp³-hybridized carbons (Fsp3) is 0.200. The van der Waals surface area contributed by atoms with Crippen LogP contribution in [0.1, 0.15) is 5.56 Å². The highest BCUT2D eigenvalue weighted by molar-refractivity contribution is 8.02. The molecule has 0 atom stereocenters. The van der Waals surface area contributed by atoms with Crippen LogP contribution >= 0.6 is 34.9 Å². The molecule has 1 heterocycles. The molecular formula is C10H10FN3S3. The van der Waals surface area contributed by atoms with Crippen molar-refractivity contribution in [3.8, 4) is 0 Å². The van der Waals surface area contributed by atoms with Crippen molar-refractivity contribution in [3.05, 3.63) is 29.6 Å². The largest absolute Gasteiger partial charge is 0.398 e. The highest BCUT2D eigenvalue weighted by Gasteiger charge is 2.06. The van der Waals surface area contributed by atoms with Gasteiger partial charge in [0.15, 0.2) is 8.68 Å². The Balaban J connectivity index is 2.02. The normalized spacial score (nSPS) is 10.7. The molecule has 0 aliphatic rings. The van der Waals surface area contributed by atoms with E-state index in [4.69, 9.17) is 5.73 Å². The summed E-state index contributed by atoms with van der Waals surface area (Å²) in [6.07, 6.45) is 1.97. The van der Waals surface area contributed by atoms with E-state index in [1.807, 2.05) is 6.26 Å². The number of nitrogens with zero attached hydrogens (tertiary/aromatic N) is 2. The minimum atomic E-state index is -0.308.